The summed E-state index contributed by atoms with van der Waals surface area (Å²) in [5.74, 6) is -1.22. The minimum Gasteiger partial charge on any atom is -0.477 e. The maximum atomic E-state index is 11.2. The molecule has 0 fully saturated rings. The van der Waals surface area contributed by atoms with Crippen LogP contribution in [0.1, 0.15) is 23.0 Å². The van der Waals surface area contributed by atoms with E-state index in [1.54, 1.807) is 25.4 Å². The second kappa shape index (κ2) is 7.73. The van der Waals surface area contributed by atoms with Crippen LogP contribution in [0.3, 0.4) is 0 Å². The molecule has 0 bridgehead atoms. The molecular formula is C15H16N6O4. The van der Waals surface area contributed by atoms with Crippen LogP contribution < -0.4 is 5.73 Å². The molecule has 2 aromatic heterocycles. The number of carboxylic acid groups (broad SMARTS) is 1. The first-order valence-electron chi connectivity index (χ1n) is 7.25. The van der Waals surface area contributed by atoms with E-state index in [2.05, 4.69) is 15.3 Å². The molecule has 4 N–H and O–H groups in total. The summed E-state index contributed by atoms with van der Waals surface area (Å²) in [5.41, 5.74) is 6.28. The van der Waals surface area contributed by atoms with Gasteiger partial charge in [0.15, 0.2) is 0 Å². The zero-order valence-electron chi connectivity index (χ0n) is 13.3. The maximum absolute atomic E-state index is 11.2. The number of nitrogens with one attached hydrogen (secondary N) is 1. The van der Waals surface area contributed by atoms with E-state index in [0.717, 1.165) is 0 Å². The van der Waals surface area contributed by atoms with Crippen molar-refractivity contribution in [3.05, 3.63) is 64.1 Å². The number of nitrogens with zero attached hydrogens (tertiary/aromatic N) is 4. The number of carboxylic acids is 1. The molecule has 0 saturated carbocycles. The monoisotopic (exact) mass is 344 g/mol. The van der Waals surface area contributed by atoms with Gasteiger partial charge < -0.3 is 10.8 Å². The third kappa shape index (κ3) is 3.99. The summed E-state index contributed by atoms with van der Waals surface area (Å²) in [6, 6.07) is 7.51. The van der Waals surface area contributed by atoms with E-state index in [4.69, 9.17) is 10.8 Å². The summed E-state index contributed by atoms with van der Waals surface area (Å²) in [6.07, 6.45) is 3.85. The van der Waals surface area contributed by atoms with Gasteiger partial charge in [-0.1, -0.05) is 13.0 Å². The predicted molar refractivity (Wildman–Crippen MR) is 89.6 cm³/mol. The van der Waals surface area contributed by atoms with Crippen LogP contribution in [0.2, 0.25) is 0 Å². The predicted octanol–water partition coefficient (Wildman–Crippen LogP) is 2.03. The molecule has 130 valence electrons. The number of anilines is 1. The van der Waals surface area contributed by atoms with Crippen molar-refractivity contribution in [1.29, 1.82) is 0 Å². The van der Waals surface area contributed by atoms with Gasteiger partial charge in [-0.05, 0) is 18.6 Å². The number of aryl methyl sites for hydroxylation is 1. The van der Waals surface area contributed by atoms with Crippen LogP contribution in [0, 0.1) is 10.1 Å². The Kier molecular flexibility index (Phi) is 5.46. The van der Waals surface area contributed by atoms with Gasteiger partial charge in [0.25, 0.3) is 5.69 Å². The zero-order valence-corrected chi connectivity index (χ0v) is 13.3. The first-order valence-corrected chi connectivity index (χ1v) is 7.25. The lowest BCUT2D eigenvalue weighted by Gasteiger charge is -2.03. The normalized spacial score (nSPS) is 9.96. The van der Waals surface area contributed by atoms with E-state index in [1.807, 2.05) is 6.07 Å². The molecule has 3 aromatic rings. The number of aromatic carboxylic acids is 1. The molecule has 25 heavy (non-hydrogen) atoms. The number of carbonyl (C=O) groups is 1. The summed E-state index contributed by atoms with van der Waals surface area (Å²) in [7, 11) is 0. The number of nitrogens with two attached hydrogens (primary N) is 1. The highest BCUT2D eigenvalue weighted by Crippen LogP contribution is 2.24. The van der Waals surface area contributed by atoms with Gasteiger partial charge in [-0.25, -0.2) is 9.48 Å². The average Bonchev–Trinajstić information content (AvgIpc) is 3.26. The minimum atomic E-state index is -1.17. The molecule has 0 aliphatic heterocycles. The van der Waals surface area contributed by atoms with E-state index in [9.17, 15) is 14.9 Å². The fourth-order valence-corrected chi connectivity index (χ4v) is 2.11. The first kappa shape index (κ1) is 17.7. The molecular weight excluding hydrogens is 328 g/mol. The fraction of sp³-hybridized carbons (Fsp3) is 0.133. The highest BCUT2D eigenvalue weighted by Gasteiger charge is 2.21. The van der Waals surface area contributed by atoms with E-state index < -0.39 is 10.9 Å². The molecule has 10 nitrogen and oxygen atoms in total. The van der Waals surface area contributed by atoms with Crippen molar-refractivity contribution in [3.8, 4) is 5.69 Å². The van der Waals surface area contributed by atoms with E-state index in [1.165, 1.54) is 22.9 Å². The number of nitro benzene ring substituents is 1. The van der Waals surface area contributed by atoms with Crippen molar-refractivity contribution in [2.45, 2.75) is 13.3 Å². The highest BCUT2D eigenvalue weighted by molar-refractivity contribution is 5.94. The van der Waals surface area contributed by atoms with Gasteiger partial charge in [0.05, 0.1) is 16.3 Å². The molecule has 0 unspecified atom stereocenters. The average molecular weight is 344 g/mol. The van der Waals surface area contributed by atoms with Crippen LogP contribution in [0.5, 0.6) is 0 Å². The molecule has 1 aromatic carbocycles. The van der Waals surface area contributed by atoms with Crippen molar-refractivity contribution in [3.63, 3.8) is 0 Å². The number of rotatable bonds is 4. The molecule has 0 spiro atoms. The number of non-ortho nitro benzene ring substituents is 1. The molecule has 0 saturated heterocycles. The SMILES string of the molecule is CCc1nn(-c2cccc([N+](=O)[O-])c2)c(N)c1C(=O)O.c1cn[nH]c1. The lowest BCUT2D eigenvalue weighted by Crippen LogP contribution is -2.06. The molecule has 0 amide bonds. The van der Waals surface area contributed by atoms with Crippen LogP contribution >= 0.6 is 0 Å². The Morgan fingerprint density at radius 2 is 2.20 bits per heavy atom. The van der Waals surface area contributed by atoms with Gasteiger partial charge >= 0.3 is 5.97 Å². The van der Waals surface area contributed by atoms with Gasteiger partial charge in [-0.3, -0.25) is 15.2 Å². The third-order valence-corrected chi connectivity index (χ3v) is 3.23. The lowest BCUT2D eigenvalue weighted by atomic mass is 10.2. The van der Waals surface area contributed by atoms with Crippen molar-refractivity contribution < 1.29 is 14.8 Å². The molecule has 0 atom stereocenters. The Bertz CT molecular complexity index is 855. The van der Waals surface area contributed by atoms with Crippen molar-refractivity contribution >= 4 is 17.5 Å². The molecule has 3 rings (SSSR count). The third-order valence-electron chi connectivity index (χ3n) is 3.23. The second-order valence-electron chi connectivity index (χ2n) is 4.82. The summed E-state index contributed by atoms with van der Waals surface area (Å²) in [6.45, 7) is 1.76. The number of aromatic amines is 1. The molecule has 2 heterocycles. The second-order valence-corrected chi connectivity index (χ2v) is 4.82. The lowest BCUT2D eigenvalue weighted by molar-refractivity contribution is -0.384. The quantitative estimate of drug-likeness (QED) is 0.483. The van der Waals surface area contributed by atoms with Gasteiger partial charge in [0.2, 0.25) is 0 Å². The summed E-state index contributed by atoms with van der Waals surface area (Å²) in [5, 5.41) is 30.2. The highest BCUT2D eigenvalue weighted by atomic mass is 16.6. The minimum absolute atomic E-state index is 0.0464. The fourth-order valence-electron chi connectivity index (χ4n) is 2.11. The van der Waals surface area contributed by atoms with Gasteiger partial charge in [0.1, 0.15) is 11.4 Å². The molecule has 10 heteroatoms. The molecule has 0 aliphatic carbocycles. The van der Waals surface area contributed by atoms with Crippen LogP contribution in [0.25, 0.3) is 5.69 Å². The Balaban J connectivity index is 0.000000386. The maximum Gasteiger partial charge on any atom is 0.341 e. The number of H-pyrrole nitrogens is 1. The largest absolute Gasteiger partial charge is 0.477 e. The van der Waals surface area contributed by atoms with Crippen LogP contribution in [-0.4, -0.2) is 36.0 Å². The molecule has 0 aliphatic rings. The summed E-state index contributed by atoms with van der Waals surface area (Å²) in [4.78, 5) is 21.4. The van der Waals surface area contributed by atoms with Gasteiger partial charge in [-0.15, -0.1) is 0 Å². The number of aromatic nitrogens is 4. The Morgan fingerprint density at radius 3 is 2.64 bits per heavy atom. The van der Waals surface area contributed by atoms with E-state index in [-0.39, 0.29) is 17.1 Å². The van der Waals surface area contributed by atoms with Crippen LogP contribution in [0.15, 0.2) is 42.7 Å². The number of hydrogen-bond donors (Lipinski definition) is 3. The Morgan fingerprint density at radius 1 is 1.44 bits per heavy atom. The summed E-state index contributed by atoms with van der Waals surface area (Å²) >= 11 is 0. The van der Waals surface area contributed by atoms with Crippen LogP contribution in [-0.2, 0) is 6.42 Å². The number of nitrogen functional groups attached to an aromatic ring is 1. The smallest absolute Gasteiger partial charge is 0.341 e. The van der Waals surface area contributed by atoms with Crippen LogP contribution in [0.4, 0.5) is 11.5 Å². The van der Waals surface area contributed by atoms with Crippen molar-refractivity contribution in [1.82, 2.24) is 20.0 Å². The summed E-state index contributed by atoms with van der Waals surface area (Å²) < 4.78 is 1.20. The van der Waals surface area contributed by atoms with Crippen molar-refractivity contribution in [2.24, 2.45) is 0 Å². The number of hydrogen-bond acceptors (Lipinski definition) is 6. The first-order chi connectivity index (χ1) is 12.0. The molecule has 0 radical (unpaired) electrons. The van der Waals surface area contributed by atoms with E-state index in [0.29, 0.717) is 17.8 Å². The Labute approximate surface area is 142 Å². The number of nitro groups is 1. The van der Waals surface area contributed by atoms with Gasteiger partial charge in [-0.2, -0.15) is 10.2 Å². The standard InChI is InChI=1S/C12H12N4O4.C3H4N2/c1-2-9-10(12(17)18)11(13)15(14-9)7-4-3-5-8(6-7)16(19)20;1-2-4-5-3-1/h3-6H,2,13H2,1H3,(H,17,18);1-3H,(H,4,5). The zero-order chi connectivity index (χ0) is 18.4. The Hall–Kier alpha value is -3.69. The number of benzene rings is 1. The topological polar surface area (TPSA) is 153 Å². The van der Waals surface area contributed by atoms with Gasteiger partial charge in [0, 0.05) is 24.5 Å². The van der Waals surface area contributed by atoms with E-state index >= 15 is 0 Å². The van der Waals surface area contributed by atoms with Crippen molar-refractivity contribution in [2.75, 3.05) is 5.73 Å².